The number of hydrogen-bond donors (Lipinski definition) is 1. The normalized spacial score (nSPS) is 10.4. The lowest BCUT2D eigenvalue weighted by molar-refractivity contribution is 0.261. The molecule has 2 aromatic rings. The molecule has 1 heterocycles. The van der Waals surface area contributed by atoms with Crippen molar-refractivity contribution >= 4 is 23.7 Å². The fraction of sp³-hybridized carbons (Fsp3) is 0.357. The van der Waals surface area contributed by atoms with E-state index in [0.29, 0.717) is 13.2 Å². The minimum absolute atomic E-state index is 0. The molecule has 4 nitrogen and oxygen atoms in total. The van der Waals surface area contributed by atoms with E-state index >= 15 is 0 Å². The molecule has 0 amide bonds. The van der Waals surface area contributed by atoms with Crippen LogP contribution in [0.1, 0.15) is 4.88 Å². The highest BCUT2D eigenvalue weighted by molar-refractivity contribution is 7.15. The Morgan fingerprint density at radius 3 is 2.50 bits per heavy atom. The van der Waals surface area contributed by atoms with Gasteiger partial charge in [-0.3, -0.25) is 0 Å². The summed E-state index contributed by atoms with van der Waals surface area (Å²) >= 11 is 1.63. The first kappa shape index (κ1) is 16.9. The first-order valence-corrected chi connectivity index (χ1v) is 7.03. The second kappa shape index (κ2) is 8.21. The van der Waals surface area contributed by atoms with Gasteiger partial charge in [0.25, 0.3) is 0 Å². The summed E-state index contributed by atoms with van der Waals surface area (Å²) in [4.78, 5) is 7.56. The topological polar surface area (TPSA) is 51.4 Å². The molecule has 2 rings (SSSR count). The second-order valence-corrected chi connectivity index (χ2v) is 5.63. The van der Waals surface area contributed by atoms with E-state index in [-0.39, 0.29) is 12.4 Å². The fourth-order valence-electron chi connectivity index (χ4n) is 1.58. The minimum Gasteiger partial charge on any atom is -0.492 e. The molecule has 1 aromatic heterocycles. The molecule has 110 valence electrons. The fourth-order valence-corrected chi connectivity index (χ4v) is 2.37. The van der Waals surface area contributed by atoms with Crippen LogP contribution in [0, 0.1) is 0 Å². The molecule has 0 aliphatic carbocycles. The molecule has 0 fully saturated rings. The number of nitrogens with two attached hydrogens (primary N) is 1. The van der Waals surface area contributed by atoms with Gasteiger partial charge in [-0.1, -0.05) is 0 Å². The number of likely N-dealkylation sites (N-methyl/N-ethyl adjacent to an activating group) is 1. The average Bonchev–Trinajstić information content (AvgIpc) is 2.88. The zero-order chi connectivity index (χ0) is 13.7. The monoisotopic (exact) mass is 313 g/mol. The van der Waals surface area contributed by atoms with Crippen molar-refractivity contribution in [2.24, 2.45) is 5.73 Å². The van der Waals surface area contributed by atoms with Crippen LogP contribution in [0.3, 0.4) is 0 Å². The molecule has 2 N–H and O–H groups in total. The third-order valence-electron chi connectivity index (χ3n) is 2.66. The summed E-state index contributed by atoms with van der Waals surface area (Å²) in [6, 6.07) is 8.03. The third kappa shape index (κ3) is 4.76. The average molecular weight is 314 g/mol. The number of nitrogens with zero attached hydrogens (tertiary/aromatic N) is 2. The summed E-state index contributed by atoms with van der Waals surface area (Å²) in [7, 11) is 4.06. The molecule has 0 aliphatic rings. The van der Waals surface area contributed by atoms with Gasteiger partial charge in [-0.05, 0) is 38.4 Å². The Bertz CT molecular complexity index is 513. The predicted molar refractivity (Wildman–Crippen MR) is 86.7 cm³/mol. The van der Waals surface area contributed by atoms with E-state index in [1.54, 1.807) is 11.3 Å². The first-order chi connectivity index (χ1) is 9.19. The Kier molecular flexibility index (Phi) is 6.95. The van der Waals surface area contributed by atoms with E-state index < -0.39 is 0 Å². The SMILES string of the molecule is CN(C)CCOc1ccc(-c2ncc(CN)s2)cc1.Cl. The molecule has 0 saturated heterocycles. The molecular formula is C14H20ClN3OS. The van der Waals surface area contributed by atoms with Crippen molar-refractivity contribution in [3.05, 3.63) is 35.3 Å². The van der Waals surface area contributed by atoms with Crippen LogP contribution < -0.4 is 10.5 Å². The van der Waals surface area contributed by atoms with Crippen LogP contribution in [0.2, 0.25) is 0 Å². The summed E-state index contributed by atoms with van der Waals surface area (Å²) in [5.74, 6) is 0.890. The standard InChI is InChI=1S/C14H19N3OS.ClH/c1-17(2)7-8-18-12-5-3-11(4-6-12)14-16-10-13(9-15)19-14;/h3-6,10H,7-9,15H2,1-2H3;1H. The molecule has 0 atom stereocenters. The van der Waals surface area contributed by atoms with Gasteiger partial charge in [0.1, 0.15) is 17.4 Å². The van der Waals surface area contributed by atoms with Gasteiger partial charge >= 0.3 is 0 Å². The Morgan fingerprint density at radius 2 is 1.95 bits per heavy atom. The van der Waals surface area contributed by atoms with Crippen molar-refractivity contribution in [1.29, 1.82) is 0 Å². The Hall–Kier alpha value is -1.14. The highest BCUT2D eigenvalue weighted by Crippen LogP contribution is 2.26. The van der Waals surface area contributed by atoms with Gasteiger partial charge in [0.15, 0.2) is 0 Å². The third-order valence-corrected chi connectivity index (χ3v) is 3.73. The molecule has 1 aromatic carbocycles. The quantitative estimate of drug-likeness (QED) is 0.890. The summed E-state index contributed by atoms with van der Waals surface area (Å²) in [6.07, 6.45) is 1.83. The number of rotatable bonds is 6. The number of benzene rings is 1. The van der Waals surface area contributed by atoms with E-state index in [4.69, 9.17) is 10.5 Å². The lowest BCUT2D eigenvalue weighted by Crippen LogP contribution is -2.19. The molecule has 0 unspecified atom stereocenters. The molecule has 6 heteroatoms. The molecular weight excluding hydrogens is 294 g/mol. The van der Waals surface area contributed by atoms with Crippen LogP contribution in [0.4, 0.5) is 0 Å². The largest absolute Gasteiger partial charge is 0.492 e. The number of halogens is 1. The summed E-state index contributed by atoms with van der Waals surface area (Å²) in [5, 5.41) is 1.00. The minimum atomic E-state index is 0. The molecule has 0 spiro atoms. The molecule has 20 heavy (non-hydrogen) atoms. The smallest absolute Gasteiger partial charge is 0.123 e. The van der Waals surface area contributed by atoms with Crippen LogP contribution in [-0.2, 0) is 6.54 Å². The van der Waals surface area contributed by atoms with Crippen LogP contribution in [0.25, 0.3) is 10.6 Å². The number of ether oxygens (including phenoxy) is 1. The number of hydrogen-bond acceptors (Lipinski definition) is 5. The molecule has 0 bridgehead atoms. The van der Waals surface area contributed by atoms with Crippen molar-refractivity contribution in [2.75, 3.05) is 27.2 Å². The predicted octanol–water partition coefficient (Wildman–Crippen LogP) is 2.63. The van der Waals surface area contributed by atoms with Crippen molar-refractivity contribution in [1.82, 2.24) is 9.88 Å². The van der Waals surface area contributed by atoms with Gasteiger partial charge in [0.2, 0.25) is 0 Å². The van der Waals surface area contributed by atoms with Crippen LogP contribution in [0.5, 0.6) is 5.75 Å². The van der Waals surface area contributed by atoms with Gasteiger partial charge in [-0.2, -0.15) is 0 Å². The summed E-state index contributed by atoms with van der Waals surface area (Å²) in [6.45, 7) is 2.15. The zero-order valence-electron chi connectivity index (χ0n) is 11.7. The maximum Gasteiger partial charge on any atom is 0.123 e. The summed E-state index contributed by atoms with van der Waals surface area (Å²) in [5.41, 5.74) is 6.69. The highest BCUT2D eigenvalue weighted by Gasteiger charge is 2.04. The molecule has 0 saturated carbocycles. The van der Waals surface area contributed by atoms with E-state index in [9.17, 15) is 0 Å². The van der Waals surface area contributed by atoms with Crippen molar-refractivity contribution in [3.8, 4) is 16.3 Å². The lowest BCUT2D eigenvalue weighted by Gasteiger charge is -2.11. The van der Waals surface area contributed by atoms with Crippen molar-refractivity contribution in [2.45, 2.75) is 6.54 Å². The van der Waals surface area contributed by atoms with Crippen LogP contribution in [-0.4, -0.2) is 37.1 Å². The van der Waals surface area contributed by atoms with Crippen molar-refractivity contribution < 1.29 is 4.74 Å². The highest BCUT2D eigenvalue weighted by atomic mass is 35.5. The first-order valence-electron chi connectivity index (χ1n) is 6.22. The Balaban J connectivity index is 0.00000200. The van der Waals surface area contributed by atoms with Gasteiger partial charge in [-0.25, -0.2) is 4.98 Å². The number of aromatic nitrogens is 1. The van der Waals surface area contributed by atoms with E-state index in [2.05, 4.69) is 9.88 Å². The molecule has 0 radical (unpaired) electrons. The van der Waals surface area contributed by atoms with Crippen LogP contribution >= 0.6 is 23.7 Å². The van der Waals surface area contributed by atoms with E-state index in [0.717, 1.165) is 27.7 Å². The zero-order valence-corrected chi connectivity index (χ0v) is 13.3. The Morgan fingerprint density at radius 1 is 1.25 bits per heavy atom. The maximum atomic E-state index is 5.66. The summed E-state index contributed by atoms with van der Waals surface area (Å²) < 4.78 is 5.66. The lowest BCUT2D eigenvalue weighted by atomic mass is 10.2. The van der Waals surface area contributed by atoms with Gasteiger partial charge < -0.3 is 15.4 Å². The van der Waals surface area contributed by atoms with Gasteiger partial charge in [0.05, 0.1) is 0 Å². The Labute approximate surface area is 130 Å². The number of thiazole rings is 1. The molecule has 0 aliphatic heterocycles. The maximum absolute atomic E-state index is 5.66. The van der Waals surface area contributed by atoms with Crippen molar-refractivity contribution in [3.63, 3.8) is 0 Å². The van der Waals surface area contributed by atoms with Crippen LogP contribution in [0.15, 0.2) is 30.5 Å². The van der Waals surface area contributed by atoms with Gasteiger partial charge in [0, 0.05) is 29.7 Å². The van der Waals surface area contributed by atoms with Gasteiger partial charge in [-0.15, -0.1) is 23.7 Å². The van der Waals surface area contributed by atoms with E-state index in [1.165, 1.54) is 0 Å². The van der Waals surface area contributed by atoms with E-state index in [1.807, 2.05) is 44.6 Å². The second-order valence-electron chi connectivity index (χ2n) is 4.51.